The minimum absolute atomic E-state index is 0.0723. The summed E-state index contributed by atoms with van der Waals surface area (Å²) < 4.78 is 39.1. The molecule has 0 spiro atoms. The number of amides is 1. The summed E-state index contributed by atoms with van der Waals surface area (Å²) in [6.45, 7) is 1.15. The van der Waals surface area contributed by atoms with Crippen LogP contribution >= 0.6 is 0 Å². The number of fused-ring (bicyclic) bond motifs is 2. The quantitative estimate of drug-likeness (QED) is 0.787. The Morgan fingerprint density at radius 1 is 1.00 bits per heavy atom. The first-order valence-corrected chi connectivity index (χ1v) is 12.3. The highest BCUT2D eigenvalue weighted by Crippen LogP contribution is 2.35. The maximum atomic E-state index is 13.4. The number of sulfonamides is 1. The molecule has 8 heteroatoms. The summed E-state index contributed by atoms with van der Waals surface area (Å²) >= 11 is 0. The minimum atomic E-state index is -3.83. The molecular weight excluding hydrogens is 416 g/mol. The third kappa shape index (κ3) is 3.78. The lowest BCUT2D eigenvalue weighted by Gasteiger charge is -2.29. The zero-order chi connectivity index (χ0) is 21.4. The van der Waals surface area contributed by atoms with Gasteiger partial charge in [0.2, 0.25) is 15.9 Å². The first kappa shape index (κ1) is 20.3. The first-order chi connectivity index (χ1) is 15.0. The molecule has 2 heterocycles. The van der Waals surface area contributed by atoms with Crippen molar-refractivity contribution in [2.75, 3.05) is 19.8 Å². The van der Waals surface area contributed by atoms with Crippen LogP contribution < -0.4 is 14.8 Å². The van der Waals surface area contributed by atoms with Crippen LogP contribution in [-0.2, 0) is 21.2 Å². The zero-order valence-electron chi connectivity index (χ0n) is 17.2. The number of nitrogens with zero attached hydrogens (tertiary/aromatic N) is 1. The highest BCUT2D eigenvalue weighted by molar-refractivity contribution is 7.89. The Morgan fingerprint density at radius 2 is 1.81 bits per heavy atom. The van der Waals surface area contributed by atoms with E-state index in [0.29, 0.717) is 44.1 Å². The van der Waals surface area contributed by atoms with E-state index in [4.69, 9.17) is 9.47 Å². The van der Waals surface area contributed by atoms with E-state index in [1.165, 1.54) is 22.0 Å². The van der Waals surface area contributed by atoms with Crippen molar-refractivity contribution in [1.29, 1.82) is 0 Å². The normalized spacial score (nSPS) is 23.2. The maximum absolute atomic E-state index is 13.4. The molecule has 0 saturated carbocycles. The van der Waals surface area contributed by atoms with Gasteiger partial charge in [-0.3, -0.25) is 4.79 Å². The Morgan fingerprint density at radius 3 is 2.68 bits per heavy atom. The molecule has 31 heavy (non-hydrogen) atoms. The lowest BCUT2D eigenvalue weighted by atomic mass is 9.87. The SMILES string of the molecule is O=C(NC1CCCc2ccccc21)C1CCCN1S(=O)(=O)c1ccc2c(c1)OCCO2. The van der Waals surface area contributed by atoms with Crippen LogP contribution in [0.15, 0.2) is 47.4 Å². The van der Waals surface area contributed by atoms with Crippen molar-refractivity contribution in [2.45, 2.75) is 49.1 Å². The Labute approximate surface area is 182 Å². The summed E-state index contributed by atoms with van der Waals surface area (Å²) in [5.41, 5.74) is 2.40. The van der Waals surface area contributed by atoms with Crippen molar-refractivity contribution >= 4 is 15.9 Å². The summed E-state index contributed by atoms with van der Waals surface area (Å²) in [7, 11) is -3.83. The van der Waals surface area contributed by atoms with Gasteiger partial charge in [0.15, 0.2) is 11.5 Å². The minimum Gasteiger partial charge on any atom is -0.486 e. The standard InChI is InChI=1S/C23H26N2O5S/c26-23(24-19-8-3-6-16-5-1-2-7-18(16)19)20-9-4-12-25(20)31(27,28)17-10-11-21-22(15-17)30-14-13-29-21/h1-2,5,7,10-11,15,19-20H,3-4,6,8-9,12-14H2,(H,24,26). The zero-order valence-corrected chi connectivity index (χ0v) is 18.1. The van der Waals surface area contributed by atoms with E-state index in [2.05, 4.69) is 17.4 Å². The van der Waals surface area contributed by atoms with Gasteiger partial charge in [-0.05, 0) is 55.4 Å². The van der Waals surface area contributed by atoms with E-state index in [0.717, 1.165) is 24.8 Å². The highest BCUT2D eigenvalue weighted by Gasteiger charge is 2.40. The monoisotopic (exact) mass is 442 g/mol. The number of nitrogens with one attached hydrogen (secondary N) is 1. The molecule has 164 valence electrons. The lowest BCUT2D eigenvalue weighted by Crippen LogP contribution is -2.47. The van der Waals surface area contributed by atoms with E-state index in [9.17, 15) is 13.2 Å². The molecule has 1 saturated heterocycles. The van der Waals surface area contributed by atoms with Gasteiger partial charge >= 0.3 is 0 Å². The van der Waals surface area contributed by atoms with E-state index in [1.54, 1.807) is 6.07 Å². The van der Waals surface area contributed by atoms with Gasteiger partial charge in [0, 0.05) is 12.6 Å². The van der Waals surface area contributed by atoms with Gasteiger partial charge in [0.05, 0.1) is 10.9 Å². The molecule has 0 aromatic heterocycles. The highest BCUT2D eigenvalue weighted by atomic mass is 32.2. The van der Waals surface area contributed by atoms with Crippen molar-refractivity contribution in [1.82, 2.24) is 9.62 Å². The third-order valence-electron chi connectivity index (χ3n) is 6.31. The fourth-order valence-electron chi connectivity index (χ4n) is 4.78. The number of rotatable bonds is 4. The van der Waals surface area contributed by atoms with Gasteiger partial charge < -0.3 is 14.8 Å². The molecule has 1 aliphatic carbocycles. The van der Waals surface area contributed by atoms with Gasteiger partial charge in [0.1, 0.15) is 19.3 Å². The average Bonchev–Trinajstić information content (AvgIpc) is 3.30. The maximum Gasteiger partial charge on any atom is 0.243 e. The van der Waals surface area contributed by atoms with Crippen molar-refractivity contribution < 1.29 is 22.7 Å². The summed E-state index contributed by atoms with van der Waals surface area (Å²) in [6.07, 6.45) is 4.06. The summed E-state index contributed by atoms with van der Waals surface area (Å²) in [6, 6.07) is 12.0. The van der Waals surface area contributed by atoms with Crippen molar-refractivity contribution in [3.05, 3.63) is 53.6 Å². The third-order valence-corrected chi connectivity index (χ3v) is 8.22. The van der Waals surface area contributed by atoms with Gasteiger partial charge in [-0.2, -0.15) is 4.31 Å². The Kier molecular flexibility index (Phi) is 5.35. The van der Waals surface area contributed by atoms with Crippen LogP contribution in [0.1, 0.15) is 42.9 Å². The molecule has 1 amide bonds. The second kappa shape index (κ2) is 8.16. The molecule has 2 unspecified atom stereocenters. The van der Waals surface area contributed by atoms with Crippen molar-refractivity contribution in [2.24, 2.45) is 0 Å². The van der Waals surface area contributed by atoms with Crippen molar-refractivity contribution in [3.63, 3.8) is 0 Å². The van der Waals surface area contributed by atoms with Crippen LogP contribution in [0, 0.1) is 0 Å². The topological polar surface area (TPSA) is 84.9 Å². The van der Waals surface area contributed by atoms with E-state index < -0.39 is 16.1 Å². The van der Waals surface area contributed by atoms with Gasteiger partial charge in [-0.15, -0.1) is 0 Å². The molecule has 2 aromatic rings. The van der Waals surface area contributed by atoms with Crippen LogP contribution in [0.3, 0.4) is 0 Å². The van der Waals surface area contributed by atoms with Crippen LogP contribution in [0.25, 0.3) is 0 Å². The fraction of sp³-hybridized carbons (Fsp3) is 0.435. The number of aryl methyl sites for hydroxylation is 1. The number of ether oxygens (including phenoxy) is 2. The molecule has 2 aromatic carbocycles. The fourth-order valence-corrected chi connectivity index (χ4v) is 6.45. The first-order valence-electron chi connectivity index (χ1n) is 10.8. The number of benzene rings is 2. The molecule has 0 bridgehead atoms. The summed E-state index contributed by atoms with van der Waals surface area (Å²) in [5.74, 6) is 0.739. The van der Waals surface area contributed by atoms with Crippen LogP contribution in [0.5, 0.6) is 11.5 Å². The van der Waals surface area contributed by atoms with Gasteiger partial charge in [-0.25, -0.2) is 8.42 Å². The lowest BCUT2D eigenvalue weighted by molar-refractivity contribution is -0.125. The second-order valence-corrected chi connectivity index (χ2v) is 10.1. The van der Waals surface area contributed by atoms with E-state index in [1.807, 2.05) is 12.1 Å². The largest absolute Gasteiger partial charge is 0.486 e. The molecular formula is C23H26N2O5S. The Bertz CT molecular complexity index is 1100. The number of hydrogen-bond acceptors (Lipinski definition) is 5. The second-order valence-electron chi connectivity index (χ2n) is 8.23. The molecule has 2 atom stereocenters. The average molecular weight is 443 g/mol. The van der Waals surface area contributed by atoms with Gasteiger partial charge in [0.25, 0.3) is 0 Å². The van der Waals surface area contributed by atoms with Gasteiger partial charge in [-0.1, -0.05) is 24.3 Å². The molecule has 3 aliphatic rings. The predicted molar refractivity (Wildman–Crippen MR) is 115 cm³/mol. The van der Waals surface area contributed by atoms with Crippen molar-refractivity contribution in [3.8, 4) is 11.5 Å². The molecule has 1 fully saturated rings. The van der Waals surface area contributed by atoms with Crippen LogP contribution in [-0.4, -0.2) is 44.4 Å². The molecule has 1 N–H and O–H groups in total. The number of carbonyl (C=O) groups excluding carboxylic acids is 1. The van der Waals surface area contributed by atoms with E-state index >= 15 is 0 Å². The number of hydrogen-bond donors (Lipinski definition) is 1. The number of carbonyl (C=O) groups is 1. The summed E-state index contributed by atoms with van der Waals surface area (Å²) in [5, 5.41) is 3.13. The molecule has 2 aliphatic heterocycles. The molecule has 0 radical (unpaired) electrons. The smallest absolute Gasteiger partial charge is 0.243 e. The molecule has 7 nitrogen and oxygen atoms in total. The molecule has 5 rings (SSSR count). The van der Waals surface area contributed by atoms with Crippen LogP contribution in [0.2, 0.25) is 0 Å². The summed E-state index contributed by atoms with van der Waals surface area (Å²) in [4.78, 5) is 13.3. The Hall–Kier alpha value is -2.58. The van der Waals surface area contributed by atoms with Crippen LogP contribution in [0.4, 0.5) is 0 Å². The van der Waals surface area contributed by atoms with E-state index in [-0.39, 0.29) is 16.8 Å². The predicted octanol–water partition coefficient (Wildman–Crippen LogP) is 2.80. The Balaban J connectivity index is 1.36.